The van der Waals surface area contributed by atoms with E-state index < -0.39 is 0 Å². The van der Waals surface area contributed by atoms with Crippen molar-refractivity contribution in [3.05, 3.63) is 65.1 Å². The molecule has 3 heterocycles. The lowest BCUT2D eigenvalue weighted by atomic mass is 10.1. The van der Waals surface area contributed by atoms with Gasteiger partial charge in [-0.2, -0.15) is 5.10 Å². The van der Waals surface area contributed by atoms with Crippen LogP contribution < -0.4 is 9.64 Å². The molecule has 180 valence electrons. The van der Waals surface area contributed by atoms with Gasteiger partial charge in [-0.05, 0) is 70.1 Å². The molecule has 7 nitrogen and oxygen atoms in total. The van der Waals surface area contributed by atoms with Crippen molar-refractivity contribution in [3.63, 3.8) is 0 Å². The number of piperazine rings is 1. The van der Waals surface area contributed by atoms with Crippen molar-refractivity contribution in [2.75, 3.05) is 45.2 Å². The number of ether oxygens (including phenoxy) is 1. The van der Waals surface area contributed by atoms with Gasteiger partial charge >= 0.3 is 0 Å². The predicted octanol–water partition coefficient (Wildman–Crippen LogP) is 3.81. The van der Waals surface area contributed by atoms with Crippen LogP contribution in [0.5, 0.6) is 5.75 Å². The Morgan fingerprint density at radius 3 is 2.35 bits per heavy atom. The van der Waals surface area contributed by atoms with Gasteiger partial charge in [0.05, 0.1) is 24.2 Å². The van der Waals surface area contributed by atoms with Crippen LogP contribution in [0.1, 0.15) is 35.5 Å². The predicted molar refractivity (Wildman–Crippen MR) is 136 cm³/mol. The van der Waals surface area contributed by atoms with E-state index in [-0.39, 0.29) is 0 Å². The molecule has 1 aromatic carbocycles. The minimum absolute atomic E-state index is 0.631. The fourth-order valence-corrected chi connectivity index (χ4v) is 4.83. The second-order valence-electron chi connectivity index (χ2n) is 9.69. The Balaban J connectivity index is 1.50. The highest BCUT2D eigenvalue weighted by Crippen LogP contribution is 2.35. The molecule has 1 aliphatic carbocycles. The Kier molecular flexibility index (Phi) is 6.57. The number of anilines is 1. The van der Waals surface area contributed by atoms with Gasteiger partial charge in [-0.25, -0.2) is 4.68 Å². The molecule has 0 radical (unpaired) electrons. The fourth-order valence-electron chi connectivity index (χ4n) is 4.83. The van der Waals surface area contributed by atoms with Gasteiger partial charge < -0.3 is 14.5 Å². The quantitative estimate of drug-likeness (QED) is 0.510. The maximum absolute atomic E-state index is 5.39. The number of aryl methyl sites for hydroxylation is 2. The SMILES string of the molecule is COc1ccc(-n2nc(C)c(CN(Cc3cccc(C)n3)C3CC3)c2N2CCN(C)CC2)cc1. The van der Waals surface area contributed by atoms with E-state index in [1.54, 1.807) is 7.11 Å². The van der Waals surface area contributed by atoms with Crippen LogP contribution in [0.3, 0.4) is 0 Å². The molecule has 7 heteroatoms. The lowest BCUT2D eigenvalue weighted by Gasteiger charge is -2.35. The summed E-state index contributed by atoms with van der Waals surface area (Å²) < 4.78 is 7.53. The van der Waals surface area contributed by atoms with Crippen LogP contribution in [0.25, 0.3) is 5.69 Å². The van der Waals surface area contributed by atoms with Crippen molar-refractivity contribution in [1.82, 2.24) is 24.6 Å². The normalized spacial score (nSPS) is 16.9. The van der Waals surface area contributed by atoms with Crippen molar-refractivity contribution < 1.29 is 4.74 Å². The van der Waals surface area contributed by atoms with Crippen molar-refractivity contribution in [1.29, 1.82) is 0 Å². The zero-order valence-corrected chi connectivity index (χ0v) is 20.9. The highest BCUT2D eigenvalue weighted by Gasteiger charge is 2.32. The van der Waals surface area contributed by atoms with Gasteiger partial charge in [0.1, 0.15) is 11.6 Å². The topological polar surface area (TPSA) is 49.7 Å². The molecule has 1 aliphatic heterocycles. The van der Waals surface area contributed by atoms with Crippen LogP contribution in [-0.4, -0.2) is 70.9 Å². The van der Waals surface area contributed by atoms with Crippen LogP contribution in [0.2, 0.25) is 0 Å². The molecule has 0 bridgehead atoms. The molecule has 1 saturated carbocycles. The van der Waals surface area contributed by atoms with E-state index in [1.807, 2.05) is 12.1 Å². The van der Waals surface area contributed by atoms with E-state index >= 15 is 0 Å². The van der Waals surface area contributed by atoms with Gasteiger partial charge in [-0.15, -0.1) is 0 Å². The van der Waals surface area contributed by atoms with Gasteiger partial charge in [-0.1, -0.05) is 6.07 Å². The van der Waals surface area contributed by atoms with E-state index in [0.29, 0.717) is 6.04 Å². The number of likely N-dealkylation sites (N-methyl/N-ethyl adjacent to an activating group) is 1. The van der Waals surface area contributed by atoms with E-state index in [0.717, 1.165) is 67.8 Å². The van der Waals surface area contributed by atoms with E-state index in [1.165, 1.54) is 24.2 Å². The number of methoxy groups -OCH3 is 1. The standard InChI is InChI=1S/C27H36N6O/c1-20-6-5-7-22(28-20)18-32(23-8-9-23)19-26-21(2)29-33(24-10-12-25(34-4)13-11-24)27(26)31-16-14-30(3)15-17-31/h5-7,10-13,23H,8-9,14-19H2,1-4H3. The monoisotopic (exact) mass is 460 g/mol. The Morgan fingerprint density at radius 1 is 0.971 bits per heavy atom. The largest absolute Gasteiger partial charge is 0.497 e. The Morgan fingerprint density at radius 2 is 1.71 bits per heavy atom. The van der Waals surface area contributed by atoms with Crippen LogP contribution in [0.4, 0.5) is 5.82 Å². The molecule has 5 rings (SSSR count). The van der Waals surface area contributed by atoms with Crippen LogP contribution in [0.15, 0.2) is 42.5 Å². The molecule has 2 aromatic heterocycles. The minimum atomic E-state index is 0.631. The van der Waals surface area contributed by atoms with E-state index in [9.17, 15) is 0 Å². The van der Waals surface area contributed by atoms with E-state index in [2.05, 4.69) is 70.6 Å². The van der Waals surface area contributed by atoms with Gasteiger partial charge in [0.15, 0.2) is 0 Å². The zero-order valence-electron chi connectivity index (χ0n) is 20.9. The van der Waals surface area contributed by atoms with Crippen LogP contribution in [0, 0.1) is 13.8 Å². The van der Waals surface area contributed by atoms with Crippen LogP contribution in [-0.2, 0) is 13.1 Å². The van der Waals surface area contributed by atoms with Crippen molar-refractivity contribution in [2.45, 2.75) is 45.8 Å². The molecule has 0 atom stereocenters. The molecule has 2 fully saturated rings. The van der Waals surface area contributed by atoms with E-state index in [4.69, 9.17) is 14.8 Å². The third kappa shape index (κ3) is 4.95. The highest BCUT2D eigenvalue weighted by atomic mass is 16.5. The molecule has 0 amide bonds. The van der Waals surface area contributed by atoms with Crippen molar-refractivity contribution >= 4 is 5.82 Å². The first-order valence-electron chi connectivity index (χ1n) is 12.3. The Hall–Kier alpha value is -2.90. The second-order valence-corrected chi connectivity index (χ2v) is 9.69. The molecular formula is C27H36N6O. The van der Waals surface area contributed by atoms with Crippen molar-refractivity contribution in [3.8, 4) is 11.4 Å². The molecule has 0 unspecified atom stereocenters. The summed E-state index contributed by atoms with van der Waals surface area (Å²) in [6.45, 7) is 10.1. The Bertz CT molecular complexity index is 1110. The number of benzene rings is 1. The third-order valence-electron chi connectivity index (χ3n) is 7.01. The molecule has 0 spiro atoms. The first-order chi connectivity index (χ1) is 16.5. The lowest BCUT2D eigenvalue weighted by molar-refractivity contribution is 0.242. The summed E-state index contributed by atoms with van der Waals surface area (Å²) in [4.78, 5) is 12.3. The summed E-state index contributed by atoms with van der Waals surface area (Å²) >= 11 is 0. The minimum Gasteiger partial charge on any atom is -0.497 e. The fraction of sp³-hybridized carbons (Fsp3) is 0.481. The molecule has 2 aliphatic rings. The summed E-state index contributed by atoms with van der Waals surface area (Å²) in [5.41, 5.74) is 5.73. The zero-order chi connectivity index (χ0) is 23.7. The molecule has 1 saturated heterocycles. The number of nitrogens with zero attached hydrogens (tertiary/aromatic N) is 6. The number of aromatic nitrogens is 3. The van der Waals surface area contributed by atoms with Gasteiger partial charge in [0.2, 0.25) is 0 Å². The summed E-state index contributed by atoms with van der Waals surface area (Å²) in [5.74, 6) is 2.10. The maximum atomic E-state index is 5.39. The van der Waals surface area contributed by atoms with Crippen LogP contribution >= 0.6 is 0 Å². The molecule has 34 heavy (non-hydrogen) atoms. The average molecular weight is 461 g/mol. The lowest BCUT2D eigenvalue weighted by Crippen LogP contribution is -2.45. The van der Waals surface area contributed by atoms with Gasteiger partial charge in [0.25, 0.3) is 0 Å². The summed E-state index contributed by atoms with van der Waals surface area (Å²) in [7, 11) is 3.91. The highest BCUT2D eigenvalue weighted by molar-refractivity contribution is 5.56. The number of pyridine rings is 1. The summed E-state index contributed by atoms with van der Waals surface area (Å²) in [6.07, 6.45) is 2.53. The average Bonchev–Trinajstić information content (AvgIpc) is 3.64. The molecular weight excluding hydrogens is 424 g/mol. The first kappa shape index (κ1) is 22.9. The third-order valence-corrected chi connectivity index (χ3v) is 7.01. The first-order valence-corrected chi connectivity index (χ1v) is 12.3. The maximum Gasteiger partial charge on any atom is 0.137 e. The number of rotatable bonds is 8. The van der Waals surface area contributed by atoms with Gasteiger partial charge in [0, 0.05) is 56.6 Å². The number of hydrogen-bond acceptors (Lipinski definition) is 6. The Labute approximate surface area is 202 Å². The summed E-state index contributed by atoms with van der Waals surface area (Å²) in [5, 5.41) is 5.06. The number of hydrogen-bond donors (Lipinski definition) is 0. The smallest absolute Gasteiger partial charge is 0.137 e. The molecule has 3 aromatic rings. The second kappa shape index (κ2) is 9.76. The molecule has 0 N–H and O–H groups in total. The summed E-state index contributed by atoms with van der Waals surface area (Å²) in [6, 6.07) is 15.2. The van der Waals surface area contributed by atoms with Crippen molar-refractivity contribution in [2.24, 2.45) is 0 Å². The van der Waals surface area contributed by atoms with Gasteiger partial charge in [-0.3, -0.25) is 9.88 Å².